The molecule has 0 fully saturated rings. The van der Waals surface area contributed by atoms with Gasteiger partial charge in [-0.15, -0.1) is 0 Å². The van der Waals surface area contributed by atoms with Crippen LogP contribution in [0, 0.1) is 0 Å². The van der Waals surface area contributed by atoms with Crippen molar-refractivity contribution in [2.45, 2.75) is 0 Å². The molecule has 0 saturated carbocycles. The summed E-state index contributed by atoms with van der Waals surface area (Å²) in [6, 6.07) is 93.1. The number of benzene rings is 11. The maximum atomic E-state index is 2.48. The normalized spacial score (nSPS) is 11.4. The maximum absolute atomic E-state index is 2.48. The van der Waals surface area contributed by atoms with Crippen molar-refractivity contribution in [2.24, 2.45) is 0 Å². The van der Waals surface area contributed by atoms with Crippen molar-refractivity contribution < 1.29 is 0 Å². The summed E-state index contributed by atoms with van der Waals surface area (Å²) in [5.41, 5.74) is 16.0. The second-order valence-electron chi connectivity index (χ2n) is 16.5. The molecule has 0 amide bonds. The van der Waals surface area contributed by atoms with Gasteiger partial charge in [-0.1, -0.05) is 194 Å². The lowest BCUT2D eigenvalue weighted by Crippen LogP contribution is -2.12. The molecule has 64 heavy (non-hydrogen) atoms. The van der Waals surface area contributed by atoms with Crippen LogP contribution in [0.25, 0.3) is 93.5 Å². The van der Waals surface area contributed by atoms with E-state index in [9.17, 15) is 0 Å². The smallest absolute Gasteiger partial charge is 0.0561 e. The Kier molecular flexibility index (Phi) is 9.20. The van der Waals surface area contributed by atoms with Gasteiger partial charge in [-0.05, 0) is 121 Å². The first kappa shape index (κ1) is 37.3. The standard InChI is InChI=1S/C62H42N2/c1-4-16-43(17-5-1)49-32-35-56(46-20-6-2-7-21-46)61(40-49)63(54-34-37-58-57-26-14-15-27-60(57)64(62(58)42-54)52-24-8-3-9-25-52)53-33-36-55(50-30-28-44-18-10-12-22-47(44)38-50)59(41-53)51-31-29-45-19-11-13-23-48(45)39-51/h1-42H. The molecule has 0 saturated heterocycles. The van der Waals surface area contributed by atoms with Crippen LogP contribution in [0.2, 0.25) is 0 Å². The average Bonchev–Trinajstić information content (AvgIpc) is 3.70. The molecule has 11 aromatic carbocycles. The highest BCUT2D eigenvalue weighted by molar-refractivity contribution is 6.11. The highest BCUT2D eigenvalue weighted by Crippen LogP contribution is 2.47. The summed E-state index contributed by atoms with van der Waals surface area (Å²) < 4.78 is 2.41. The summed E-state index contributed by atoms with van der Waals surface area (Å²) in [5.74, 6) is 0. The van der Waals surface area contributed by atoms with Crippen LogP contribution in [0.4, 0.5) is 17.1 Å². The molecule has 300 valence electrons. The van der Waals surface area contributed by atoms with Crippen molar-refractivity contribution in [3.05, 3.63) is 255 Å². The summed E-state index contributed by atoms with van der Waals surface area (Å²) in [6.07, 6.45) is 0. The summed E-state index contributed by atoms with van der Waals surface area (Å²) in [4.78, 5) is 2.48. The molecule has 0 aliphatic heterocycles. The predicted molar refractivity (Wildman–Crippen MR) is 272 cm³/mol. The van der Waals surface area contributed by atoms with Gasteiger partial charge in [-0.2, -0.15) is 0 Å². The SMILES string of the molecule is c1ccc(-c2ccc(-c3ccccc3)c(N(c3ccc(-c4ccc5ccccc5c4)c(-c4ccc5ccccc5c4)c3)c3ccc4c5ccccc5n(-c5ccccc5)c4c3)c2)cc1. The molecule has 0 N–H and O–H groups in total. The fourth-order valence-corrected chi connectivity index (χ4v) is 9.64. The minimum Gasteiger partial charge on any atom is -0.310 e. The van der Waals surface area contributed by atoms with E-state index in [1.807, 2.05) is 0 Å². The Morgan fingerprint density at radius 3 is 1.48 bits per heavy atom. The molecule has 12 rings (SSSR count). The largest absolute Gasteiger partial charge is 0.310 e. The molecule has 0 aliphatic rings. The van der Waals surface area contributed by atoms with Crippen LogP contribution >= 0.6 is 0 Å². The number of anilines is 3. The van der Waals surface area contributed by atoms with Gasteiger partial charge in [0.15, 0.2) is 0 Å². The number of fused-ring (bicyclic) bond motifs is 5. The second kappa shape index (κ2) is 15.8. The predicted octanol–water partition coefficient (Wildman–Crippen LogP) is 17.2. The number of rotatable bonds is 8. The molecule has 0 radical (unpaired) electrons. The van der Waals surface area contributed by atoms with Crippen molar-refractivity contribution in [1.82, 2.24) is 4.57 Å². The summed E-state index contributed by atoms with van der Waals surface area (Å²) in [6.45, 7) is 0. The lowest BCUT2D eigenvalue weighted by atomic mass is 9.91. The van der Waals surface area contributed by atoms with Crippen LogP contribution in [0.15, 0.2) is 255 Å². The molecular weight excluding hydrogens is 773 g/mol. The topological polar surface area (TPSA) is 8.17 Å². The van der Waals surface area contributed by atoms with E-state index >= 15 is 0 Å². The van der Waals surface area contributed by atoms with Crippen molar-refractivity contribution >= 4 is 60.4 Å². The monoisotopic (exact) mass is 814 g/mol. The third-order valence-electron chi connectivity index (χ3n) is 12.7. The Morgan fingerprint density at radius 2 is 0.781 bits per heavy atom. The van der Waals surface area contributed by atoms with Gasteiger partial charge in [0.2, 0.25) is 0 Å². The van der Waals surface area contributed by atoms with Gasteiger partial charge in [0.1, 0.15) is 0 Å². The summed E-state index contributed by atoms with van der Waals surface area (Å²) >= 11 is 0. The van der Waals surface area contributed by atoms with Crippen LogP contribution in [0.3, 0.4) is 0 Å². The fraction of sp³-hybridized carbons (Fsp3) is 0. The zero-order valence-electron chi connectivity index (χ0n) is 35.1. The zero-order chi connectivity index (χ0) is 42.4. The van der Waals surface area contributed by atoms with E-state index < -0.39 is 0 Å². The molecule has 2 heteroatoms. The lowest BCUT2D eigenvalue weighted by molar-refractivity contribution is 1.18. The van der Waals surface area contributed by atoms with Gasteiger partial charge in [0, 0.05) is 33.4 Å². The van der Waals surface area contributed by atoms with Crippen LogP contribution < -0.4 is 4.90 Å². The Balaban J connectivity index is 1.16. The van der Waals surface area contributed by atoms with E-state index in [2.05, 4.69) is 264 Å². The van der Waals surface area contributed by atoms with Crippen molar-refractivity contribution in [2.75, 3.05) is 4.90 Å². The Bertz CT molecular complexity index is 3660. The van der Waals surface area contributed by atoms with Crippen molar-refractivity contribution in [1.29, 1.82) is 0 Å². The van der Waals surface area contributed by atoms with Gasteiger partial charge in [-0.3, -0.25) is 0 Å². The third kappa shape index (κ3) is 6.61. The molecule has 12 aromatic rings. The van der Waals surface area contributed by atoms with E-state index in [1.165, 1.54) is 65.7 Å². The lowest BCUT2D eigenvalue weighted by Gasteiger charge is -2.30. The minimum atomic E-state index is 1.07. The Morgan fingerprint density at radius 1 is 0.266 bits per heavy atom. The van der Waals surface area contributed by atoms with Gasteiger partial charge in [0.05, 0.1) is 16.7 Å². The quantitative estimate of drug-likeness (QED) is 0.148. The minimum absolute atomic E-state index is 1.07. The number of para-hydroxylation sites is 2. The molecule has 0 spiro atoms. The van der Waals surface area contributed by atoms with Gasteiger partial charge in [-0.25, -0.2) is 0 Å². The average molecular weight is 815 g/mol. The van der Waals surface area contributed by atoms with E-state index in [-0.39, 0.29) is 0 Å². The van der Waals surface area contributed by atoms with Gasteiger partial charge >= 0.3 is 0 Å². The third-order valence-corrected chi connectivity index (χ3v) is 12.7. The van der Waals surface area contributed by atoms with E-state index in [0.29, 0.717) is 0 Å². The van der Waals surface area contributed by atoms with Crippen molar-refractivity contribution in [3.63, 3.8) is 0 Å². The first-order chi connectivity index (χ1) is 31.7. The molecule has 1 aromatic heterocycles. The summed E-state index contributed by atoms with van der Waals surface area (Å²) in [5, 5.41) is 7.34. The molecule has 2 nitrogen and oxygen atoms in total. The Hall–Kier alpha value is -8.46. The number of hydrogen-bond acceptors (Lipinski definition) is 1. The highest BCUT2D eigenvalue weighted by Gasteiger charge is 2.23. The molecule has 0 bridgehead atoms. The fourth-order valence-electron chi connectivity index (χ4n) is 9.64. The van der Waals surface area contributed by atoms with Crippen LogP contribution in [-0.4, -0.2) is 4.57 Å². The first-order valence-electron chi connectivity index (χ1n) is 22.0. The van der Waals surface area contributed by atoms with Crippen LogP contribution in [0.5, 0.6) is 0 Å². The Labute approximate surface area is 373 Å². The molecule has 0 atom stereocenters. The molecular formula is C62H42N2. The number of nitrogens with zero attached hydrogens (tertiary/aromatic N) is 2. The van der Waals surface area contributed by atoms with Crippen LogP contribution in [-0.2, 0) is 0 Å². The first-order valence-corrected chi connectivity index (χ1v) is 22.0. The van der Waals surface area contributed by atoms with Crippen molar-refractivity contribution in [3.8, 4) is 50.2 Å². The maximum Gasteiger partial charge on any atom is 0.0561 e. The number of aromatic nitrogens is 1. The van der Waals surface area contributed by atoms with Crippen LogP contribution in [0.1, 0.15) is 0 Å². The van der Waals surface area contributed by atoms with E-state index in [0.717, 1.165) is 45.0 Å². The van der Waals surface area contributed by atoms with E-state index in [1.54, 1.807) is 0 Å². The summed E-state index contributed by atoms with van der Waals surface area (Å²) in [7, 11) is 0. The van der Waals surface area contributed by atoms with Gasteiger partial charge < -0.3 is 9.47 Å². The molecule has 0 unspecified atom stereocenters. The van der Waals surface area contributed by atoms with Gasteiger partial charge in [0.25, 0.3) is 0 Å². The van der Waals surface area contributed by atoms with E-state index in [4.69, 9.17) is 0 Å². The molecule has 1 heterocycles. The highest BCUT2D eigenvalue weighted by atomic mass is 15.1. The second-order valence-corrected chi connectivity index (χ2v) is 16.5. The number of hydrogen-bond donors (Lipinski definition) is 0. The zero-order valence-corrected chi connectivity index (χ0v) is 35.1. The molecule has 0 aliphatic carbocycles.